The maximum absolute atomic E-state index is 4.33. The zero-order valence-electron chi connectivity index (χ0n) is 8.25. The third kappa shape index (κ3) is 2.55. The molecule has 0 bridgehead atoms. The van der Waals surface area contributed by atoms with Gasteiger partial charge in [0.05, 0.1) is 5.69 Å². The van der Waals surface area contributed by atoms with Crippen LogP contribution in [-0.2, 0) is 0 Å². The molecule has 0 amide bonds. The van der Waals surface area contributed by atoms with E-state index in [0.717, 1.165) is 12.1 Å². The maximum atomic E-state index is 4.33. The predicted octanol–water partition coefficient (Wildman–Crippen LogP) is 3.37. The van der Waals surface area contributed by atoms with Gasteiger partial charge in [-0.1, -0.05) is 18.2 Å². The molecule has 1 rings (SSSR count). The Balaban J connectivity index is 2.94. The van der Waals surface area contributed by atoms with E-state index in [9.17, 15) is 0 Å². The van der Waals surface area contributed by atoms with E-state index >= 15 is 0 Å². The fourth-order valence-corrected chi connectivity index (χ4v) is 1.26. The van der Waals surface area contributed by atoms with Crippen LogP contribution in [0.3, 0.4) is 0 Å². The van der Waals surface area contributed by atoms with Gasteiger partial charge in [0.25, 0.3) is 0 Å². The number of hydrogen-bond acceptors (Lipinski definition) is 1. The molecule has 0 spiro atoms. The van der Waals surface area contributed by atoms with Crippen molar-refractivity contribution in [3.05, 3.63) is 48.3 Å². The van der Waals surface area contributed by atoms with Crippen molar-refractivity contribution in [3.8, 4) is 0 Å². The van der Waals surface area contributed by atoms with Crippen molar-refractivity contribution in [2.24, 2.45) is 0 Å². The topological polar surface area (TPSA) is 12.9 Å². The third-order valence-electron chi connectivity index (χ3n) is 1.97. The highest BCUT2D eigenvalue weighted by Gasteiger charge is 1.98. The molecule has 0 atom stereocenters. The Kier molecular flexibility index (Phi) is 3.44. The minimum absolute atomic E-state index is 0.905. The molecule has 0 aliphatic heterocycles. The quantitative estimate of drug-likeness (QED) is 0.638. The van der Waals surface area contributed by atoms with Gasteiger partial charge >= 0.3 is 0 Å². The van der Waals surface area contributed by atoms with Crippen LogP contribution in [0.5, 0.6) is 0 Å². The van der Waals surface area contributed by atoms with E-state index in [1.807, 2.05) is 18.3 Å². The first kappa shape index (κ1) is 9.72. The second-order valence-electron chi connectivity index (χ2n) is 3.08. The van der Waals surface area contributed by atoms with Crippen LogP contribution in [0.2, 0.25) is 0 Å². The van der Waals surface area contributed by atoms with Crippen LogP contribution < -0.4 is 0 Å². The van der Waals surface area contributed by atoms with E-state index in [1.54, 1.807) is 0 Å². The molecule has 0 saturated carbocycles. The highest BCUT2D eigenvalue weighted by Crippen LogP contribution is 2.15. The van der Waals surface area contributed by atoms with E-state index in [4.69, 9.17) is 0 Å². The first-order valence-electron chi connectivity index (χ1n) is 4.45. The van der Waals surface area contributed by atoms with Crippen molar-refractivity contribution in [2.75, 3.05) is 0 Å². The molecular formula is C12H15N. The first-order valence-corrected chi connectivity index (χ1v) is 4.45. The van der Waals surface area contributed by atoms with Crippen molar-refractivity contribution in [1.29, 1.82) is 0 Å². The van der Waals surface area contributed by atoms with Crippen LogP contribution in [0, 0.1) is 6.92 Å². The lowest BCUT2D eigenvalue weighted by molar-refractivity contribution is 1.20. The normalized spacial score (nSPS) is 11.4. The fourth-order valence-electron chi connectivity index (χ4n) is 1.26. The molecule has 1 aromatic heterocycles. The Morgan fingerprint density at radius 2 is 2.38 bits per heavy atom. The minimum atomic E-state index is 0.905. The smallest absolute Gasteiger partial charge is 0.0684 e. The summed E-state index contributed by atoms with van der Waals surface area (Å²) < 4.78 is 0. The lowest BCUT2D eigenvalue weighted by Crippen LogP contribution is -1.89. The van der Waals surface area contributed by atoms with Gasteiger partial charge in [0.1, 0.15) is 0 Å². The summed E-state index contributed by atoms with van der Waals surface area (Å²) in [4.78, 5) is 4.33. The maximum Gasteiger partial charge on any atom is 0.0684 e. The number of nitrogens with zero attached hydrogens (tertiary/aromatic N) is 1. The Bertz CT molecular complexity index is 324. The number of hydrogen-bond donors (Lipinski definition) is 0. The molecule has 1 nitrogen and oxygen atoms in total. The molecule has 68 valence electrons. The van der Waals surface area contributed by atoms with Crippen molar-refractivity contribution >= 4 is 5.57 Å². The molecule has 0 unspecified atom stereocenters. The van der Waals surface area contributed by atoms with Crippen molar-refractivity contribution in [3.63, 3.8) is 0 Å². The Labute approximate surface area is 79.8 Å². The van der Waals surface area contributed by atoms with Crippen molar-refractivity contribution in [1.82, 2.24) is 4.98 Å². The Morgan fingerprint density at radius 1 is 1.62 bits per heavy atom. The third-order valence-corrected chi connectivity index (χ3v) is 1.97. The van der Waals surface area contributed by atoms with E-state index in [0.29, 0.717) is 0 Å². The molecule has 0 saturated heterocycles. The van der Waals surface area contributed by atoms with Gasteiger partial charge in [-0.2, -0.15) is 0 Å². The van der Waals surface area contributed by atoms with Crippen LogP contribution in [-0.4, -0.2) is 4.98 Å². The summed E-state index contributed by atoms with van der Waals surface area (Å²) in [6.07, 6.45) is 6.76. The fraction of sp³-hybridized carbons (Fsp3) is 0.250. The van der Waals surface area contributed by atoms with E-state index < -0.39 is 0 Å². The van der Waals surface area contributed by atoms with Gasteiger partial charge in [-0.05, 0) is 37.5 Å². The molecule has 1 heteroatoms. The highest BCUT2D eigenvalue weighted by atomic mass is 14.7. The SMILES string of the molecule is C=CC/C=C(/C)c1ncccc1C. The summed E-state index contributed by atoms with van der Waals surface area (Å²) in [5.41, 5.74) is 3.53. The molecule has 0 aliphatic carbocycles. The number of allylic oxidation sites excluding steroid dienone is 3. The number of pyridine rings is 1. The first-order chi connectivity index (χ1) is 6.25. The predicted molar refractivity (Wildman–Crippen MR) is 57.4 cm³/mol. The zero-order valence-corrected chi connectivity index (χ0v) is 8.25. The van der Waals surface area contributed by atoms with Gasteiger partial charge in [-0.25, -0.2) is 0 Å². The van der Waals surface area contributed by atoms with Gasteiger partial charge < -0.3 is 0 Å². The summed E-state index contributed by atoms with van der Waals surface area (Å²) in [6.45, 7) is 7.84. The monoisotopic (exact) mass is 173 g/mol. The summed E-state index contributed by atoms with van der Waals surface area (Å²) in [5.74, 6) is 0. The Morgan fingerprint density at radius 3 is 3.00 bits per heavy atom. The number of aryl methyl sites for hydroxylation is 1. The second kappa shape index (κ2) is 4.61. The van der Waals surface area contributed by atoms with E-state index in [2.05, 4.69) is 37.6 Å². The van der Waals surface area contributed by atoms with E-state index in [-0.39, 0.29) is 0 Å². The average Bonchev–Trinajstić information content (AvgIpc) is 2.15. The van der Waals surface area contributed by atoms with Gasteiger partial charge in [-0.3, -0.25) is 4.98 Å². The lowest BCUT2D eigenvalue weighted by atomic mass is 10.1. The summed E-state index contributed by atoms with van der Waals surface area (Å²) >= 11 is 0. The molecule has 0 aromatic carbocycles. The molecule has 13 heavy (non-hydrogen) atoms. The van der Waals surface area contributed by atoms with E-state index in [1.165, 1.54) is 11.1 Å². The standard InChI is InChI=1S/C12H15N/c1-4-5-7-10(2)12-11(3)8-6-9-13-12/h4,6-9H,1,5H2,2-3H3/b10-7-. The van der Waals surface area contributed by atoms with Gasteiger partial charge in [0.2, 0.25) is 0 Å². The zero-order chi connectivity index (χ0) is 9.68. The van der Waals surface area contributed by atoms with Crippen LogP contribution in [0.1, 0.15) is 24.6 Å². The Hall–Kier alpha value is -1.37. The highest BCUT2D eigenvalue weighted by molar-refractivity contribution is 5.62. The van der Waals surface area contributed by atoms with Crippen LogP contribution >= 0.6 is 0 Å². The van der Waals surface area contributed by atoms with Crippen molar-refractivity contribution < 1.29 is 0 Å². The summed E-state index contributed by atoms with van der Waals surface area (Å²) in [6, 6.07) is 4.03. The second-order valence-corrected chi connectivity index (χ2v) is 3.08. The number of rotatable bonds is 3. The molecule has 0 fully saturated rings. The number of aromatic nitrogens is 1. The van der Waals surface area contributed by atoms with Gasteiger partial charge in [0.15, 0.2) is 0 Å². The molecular weight excluding hydrogens is 158 g/mol. The molecule has 1 heterocycles. The molecule has 0 N–H and O–H groups in total. The van der Waals surface area contributed by atoms with Gasteiger partial charge in [0, 0.05) is 6.20 Å². The average molecular weight is 173 g/mol. The minimum Gasteiger partial charge on any atom is -0.256 e. The van der Waals surface area contributed by atoms with Crippen LogP contribution in [0.15, 0.2) is 37.1 Å². The van der Waals surface area contributed by atoms with Crippen molar-refractivity contribution in [2.45, 2.75) is 20.3 Å². The van der Waals surface area contributed by atoms with Gasteiger partial charge in [-0.15, -0.1) is 6.58 Å². The lowest BCUT2D eigenvalue weighted by Gasteiger charge is -2.03. The van der Waals surface area contributed by atoms with Crippen LogP contribution in [0.25, 0.3) is 5.57 Å². The molecule has 1 aromatic rings. The summed E-state index contributed by atoms with van der Waals surface area (Å²) in [7, 11) is 0. The summed E-state index contributed by atoms with van der Waals surface area (Å²) in [5, 5.41) is 0. The molecule has 0 radical (unpaired) electrons. The molecule has 0 aliphatic rings. The largest absolute Gasteiger partial charge is 0.256 e. The van der Waals surface area contributed by atoms with Crippen LogP contribution in [0.4, 0.5) is 0 Å².